The fourth-order valence-electron chi connectivity index (χ4n) is 1.24. The molecule has 1 amide bonds. The molecule has 0 spiro atoms. The van der Waals surface area contributed by atoms with Gasteiger partial charge in [-0.2, -0.15) is 0 Å². The normalized spacial score (nSPS) is 9.50. The Morgan fingerprint density at radius 2 is 2.25 bits per heavy atom. The topological polar surface area (TPSA) is 64.3 Å². The van der Waals surface area contributed by atoms with E-state index in [0.717, 1.165) is 6.42 Å². The molecule has 0 aliphatic heterocycles. The number of para-hydroxylation sites is 1. The van der Waals surface area contributed by atoms with Gasteiger partial charge in [0.25, 0.3) is 5.91 Å². The molecular weight excluding hydrogens is 204 g/mol. The fourth-order valence-corrected chi connectivity index (χ4v) is 1.24. The third-order valence-corrected chi connectivity index (χ3v) is 2.05. The lowest BCUT2D eigenvalue weighted by atomic mass is 10.1. The highest BCUT2D eigenvalue weighted by atomic mass is 16.5. The van der Waals surface area contributed by atoms with Gasteiger partial charge in [-0.25, -0.2) is 0 Å². The molecule has 86 valence electrons. The molecule has 0 saturated carbocycles. The van der Waals surface area contributed by atoms with Gasteiger partial charge in [-0.05, 0) is 18.6 Å². The minimum Gasteiger partial charge on any atom is -0.502 e. The van der Waals surface area contributed by atoms with Crippen molar-refractivity contribution in [1.29, 1.82) is 0 Å². The zero-order chi connectivity index (χ0) is 11.8. The number of hydrogen-bond acceptors (Lipinski definition) is 3. The summed E-state index contributed by atoms with van der Waals surface area (Å²) in [5.41, 5.74) is 6.67. The summed E-state index contributed by atoms with van der Waals surface area (Å²) in [4.78, 5) is 11.6. The number of hydrogen-bond donors (Lipinski definition) is 2. The molecule has 0 atom stereocenters. The smallest absolute Gasteiger partial charge is 0.253 e. The Hall–Kier alpha value is -1.97. The first-order valence-corrected chi connectivity index (χ1v) is 5.11. The molecule has 4 nitrogen and oxygen atoms in total. The highest BCUT2D eigenvalue weighted by Gasteiger charge is 2.07. The number of anilines is 1. The predicted molar refractivity (Wildman–Crippen MR) is 64.0 cm³/mol. The molecule has 0 fully saturated rings. The Kier molecular flexibility index (Phi) is 4.92. The van der Waals surface area contributed by atoms with Crippen LogP contribution in [0.2, 0.25) is 0 Å². The molecule has 0 bridgehead atoms. The molecule has 1 aromatic carbocycles. The molecule has 0 saturated heterocycles. The summed E-state index contributed by atoms with van der Waals surface area (Å²) in [6.45, 7) is 4.53. The maximum Gasteiger partial charge on any atom is 0.253 e. The van der Waals surface area contributed by atoms with Crippen LogP contribution in [-0.2, 0) is 4.74 Å². The van der Waals surface area contributed by atoms with Gasteiger partial charge in [0.1, 0.15) is 0 Å². The van der Waals surface area contributed by atoms with Crippen LogP contribution in [0.4, 0.5) is 5.69 Å². The van der Waals surface area contributed by atoms with Crippen molar-refractivity contribution in [3.8, 4) is 0 Å². The quantitative estimate of drug-likeness (QED) is 0.434. The standard InChI is InChI=1S/C12H16N2O2/c1-2-16-9-5-8-14-12(15)10-6-3-4-7-11(10)13/h2-4,6-7H,1,5,8-9,13H2,(H,14,15). The number of nitrogens with one attached hydrogen (secondary N) is 1. The summed E-state index contributed by atoms with van der Waals surface area (Å²) in [5, 5.41) is 2.77. The van der Waals surface area contributed by atoms with Gasteiger partial charge >= 0.3 is 0 Å². The maximum absolute atomic E-state index is 11.6. The van der Waals surface area contributed by atoms with E-state index < -0.39 is 0 Å². The van der Waals surface area contributed by atoms with Gasteiger partial charge < -0.3 is 15.8 Å². The van der Waals surface area contributed by atoms with Crippen LogP contribution in [0.15, 0.2) is 37.1 Å². The Morgan fingerprint density at radius 1 is 1.50 bits per heavy atom. The lowest BCUT2D eigenvalue weighted by Gasteiger charge is -2.06. The third-order valence-electron chi connectivity index (χ3n) is 2.05. The van der Waals surface area contributed by atoms with E-state index in [9.17, 15) is 4.79 Å². The van der Waals surface area contributed by atoms with Crippen molar-refractivity contribution in [1.82, 2.24) is 5.32 Å². The van der Waals surface area contributed by atoms with Crippen molar-refractivity contribution in [2.45, 2.75) is 6.42 Å². The summed E-state index contributed by atoms with van der Waals surface area (Å²) >= 11 is 0. The van der Waals surface area contributed by atoms with E-state index >= 15 is 0 Å². The molecule has 0 heterocycles. The molecule has 0 unspecified atom stereocenters. The first kappa shape index (κ1) is 12.1. The maximum atomic E-state index is 11.6. The van der Waals surface area contributed by atoms with Crippen LogP contribution in [0.5, 0.6) is 0 Å². The fraction of sp³-hybridized carbons (Fsp3) is 0.250. The molecule has 0 aliphatic rings. The van der Waals surface area contributed by atoms with E-state index in [1.165, 1.54) is 6.26 Å². The number of rotatable bonds is 6. The highest BCUT2D eigenvalue weighted by Crippen LogP contribution is 2.09. The summed E-state index contributed by atoms with van der Waals surface area (Å²) in [5.74, 6) is -0.156. The third kappa shape index (κ3) is 3.65. The van der Waals surface area contributed by atoms with Crippen LogP contribution in [0.3, 0.4) is 0 Å². The number of ether oxygens (including phenoxy) is 1. The number of nitrogens with two attached hydrogens (primary N) is 1. The Morgan fingerprint density at radius 3 is 2.94 bits per heavy atom. The van der Waals surface area contributed by atoms with E-state index in [2.05, 4.69) is 11.9 Å². The summed E-state index contributed by atoms with van der Waals surface area (Å²) in [6, 6.07) is 6.98. The first-order chi connectivity index (χ1) is 7.75. The summed E-state index contributed by atoms with van der Waals surface area (Å²) in [7, 11) is 0. The number of amides is 1. The molecule has 1 rings (SSSR count). The molecule has 16 heavy (non-hydrogen) atoms. The van der Waals surface area contributed by atoms with Crippen molar-refractivity contribution >= 4 is 11.6 Å². The van der Waals surface area contributed by atoms with Gasteiger partial charge in [0.2, 0.25) is 0 Å². The van der Waals surface area contributed by atoms with Crippen LogP contribution in [0, 0.1) is 0 Å². The molecular formula is C12H16N2O2. The Bertz CT molecular complexity index is 364. The molecule has 4 heteroatoms. The minimum atomic E-state index is -0.156. The minimum absolute atomic E-state index is 0.156. The lowest BCUT2D eigenvalue weighted by molar-refractivity contribution is 0.0951. The summed E-state index contributed by atoms with van der Waals surface area (Å²) in [6.07, 6.45) is 2.13. The number of carbonyl (C=O) groups is 1. The number of benzene rings is 1. The zero-order valence-electron chi connectivity index (χ0n) is 9.11. The lowest BCUT2D eigenvalue weighted by Crippen LogP contribution is -2.25. The highest BCUT2D eigenvalue weighted by molar-refractivity contribution is 5.98. The van der Waals surface area contributed by atoms with Crippen molar-refractivity contribution in [3.63, 3.8) is 0 Å². The second-order valence-corrected chi connectivity index (χ2v) is 3.23. The predicted octanol–water partition coefficient (Wildman–Crippen LogP) is 1.55. The van der Waals surface area contributed by atoms with Crippen molar-refractivity contribution in [2.75, 3.05) is 18.9 Å². The van der Waals surface area contributed by atoms with Gasteiger partial charge in [0, 0.05) is 12.2 Å². The monoisotopic (exact) mass is 220 g/mol. The van der Waals surface area contributed by atoms with Crippen LogP contribution in [0.25, 0.3) is 0 Å². The largest absolute Gasteiger partial charge is 0.502 e. The second-order valence-electron chi connectivity index (χ2n) is 3.23. The van der Waals surface area contributed by atoms with Gasteiger partial charge in [-0.15, -0.1) is 0 Å². The van der Waals surface area contributed by atoms with E-state index in [1.54, 1.807) is 24.3 Å². The molecule has 3 N–H and O–H groups in total. The molecule has 1 aromatic rings. The zero-order valence-corrected chi connectivity index (χ0v) is 9.11. The Balaban J connectivity index is 2.36. The van der Waals surface area contributed by atoms with E-state index in [4.69, 9.17) is 10.5 Å². The van der Waals surface area contributed by atoms with Gasteiger partial charge in [0.05, 0.1) is 18.4 Å². The molecule has 0 aliphatic carbocycles. The van der Waals surface area contributed by atoms with Crippen LogP contribution in [0.1, 0.15) is 16.8 Å². The van der Waals surface area contributed by atoms with Gasteiger partial charge in [0.15, 0.2) is 0 Å². The van der Waals surface area contributed by atoms with Crippen LogP contribution >= 0.6 is 0 Å². The van der Waals surface area contributed by atoms with E-state index in [-0.39, 0.29) is 5.91 Å². The van der Waals surface area contributed by atoms with Crippen LogP contribution < -0.4 is 11.1 Å². The van der Waals surface area contributed by atoms with Crippen LogP contribution in [-0.4, -0.2) is 19.1 Å². The van der Waals surface area contributed by atoms with E-state index in [0.29, 0.717) is 24.4 Å². The summed E-state index contributed by atoms with van der Waals surface area (Å²) < 4.78 is 4.93. The van der Waals surface area contributed by atoms with Crippen molar-refractivity contribution in [2.24, 2.45) is 0 Å². The second kappa shape index (κ2) is 6.50. The number of carbonyl (C=O) groups excluding carboxylic acids is 1. The van der Waals surface area contributed by atoms with Crippen molar-refractivity contribution < 1.29 is 9.53 Å². The SMILES string of the molecule is C=COCCCNC(=O)c1ccccc1N. The van der Waals surface area contributed by atoms with Crippen molar-refractivity contribution in [3.05, 3.63) is 42.7 Å². The van der Waals surface area contributed by atoms with E-state index in [1.807, 2.05) is 0 Å². The molecule has 0 aromatic heterocycles. The molecule has 0 radical (unpaired) electrons. The average molecular weight is 220 g/mol. The van der Waals surface area contributed by atoms with Gasteiger partial charge in [-0.1, -0.05) is 18.7 Å². The first-order valence-electron chi connectivity index (χ1n) is 5.11. The number of nitrogen functional groups attached to an aromatic ring is 1. The Labute approximate surface area is 95.1 Å². The van der Waals surface area contributed by atoms with Gasteiger partial charge in [-0.3, -0.25) is 4.79 Å². The average Bonchev–Trinajstić information content (AvgIpc) is 2.29.